The number of aromatic nitrogens is 1. The Hall–Kier alpha value is -2.32. The predicted molar refractivity (Wildman–Crippen MR) is 106 cm³/mol. The molecule has 0 radical (unpaired) electrons. The molecule has 1 atom stereocenters. The molecule has 2 aliphatic rings. The van der Waals surface area contributed by atoms with Crippen LogP contribution in [-0.2, 0) is 4.79 Å². The molecule has 1 saturated heterocycles. The van der Waals surface area contributed by atoms with Crippen LogP contribution in [0.2, 0.25) is 0 Å². The highest BCUT2D eigenvalue weighted by molar-refractivity contribution is 7.16. The highest BCUT2D eigenvalue weighted by Gasteiger charge is 2.31. The highest BCUT2D eigenvalue weighted by Crippen LogP contribution is 2.28. The van der Waals surface area contributed by atoms with Gasteiger partial charge in [0, 0.05) is 37.8 Å². The van der Waals surface area contributed by atoms with Crippen molar-refractivity contribution in [2.75, 3.05) is 26.2 Å². The molecular formula is C20H23FN4O2S. The quantitative estimate of drug-likeness (QED) is 0.834. The van der Waals surface area contributed by atoms with E-state index in [1.54, 1.807) is 23.1 Å². The summed E-state index contributed by atoms with van der Waals surface area (Å²) in [6, 6.07) is 6.60. The summed E-state index contributed by atoms with van der Waals surface area (Å²) in [5.74, 6) is -0.364. The number of hydrogen-bond acceptors (Lipinski definition) is 5. The molecule has 2 aromatic rings. The van der Waals surface area contributed by atoms with Gasteiger partial charge >= 0.3 is 0 Å². The molecule has 2 heterocycles. The number of nitrogens with zero attached hydrogens (tertiary/aromatic N) is 3. The van der Waals surface area contributed by atoms with E-state index in [4.69, 9.17) is 0 Å². The summed E-state index contributed by atoms with van der Waals surface area (Å²) in [7, 11) is 0. The Morgan fingerprint density at radius 3 is 2.61 bits per heavy atom. The van der Waals surface area contributed by atoms with E-state index < -0.39 is 0 Å². The molecule has 4 rings (SSSR count). The van der Waals surface area contributed by atoms with Crippen molar-refractivity contribution in [2.24, 2.45) is 0 Å². The van der Waals surface area contributed by atoms with Crippen molar-refractivity contribution < 1.29 is 14.0 Å². The zero-order chi connectivity index (χ0) is 19.7. The number of carbonyl (C=O) groups is 2. The van der Waals surface area contributed by atoms with Crippen LogP contribution in [0.5, 0.6) is 0 Å². The molecule has 8 heteroatoms. The van der Waals surface area contributed by atoms with Crippen LogP contribution in [0, 0.1) is 5.82 Å². The second-order valence-corrected chi connectivity index (χ2v) is 8.33. The lowest BCUT2D eigenvalue weighted by molar-refractivity contribution is -0.126. The number of amides is 2. The van der Waals surface area contributed by atoms with Crippen LogP contribution in [0.4, 0.5) is 4.39 Å². The topological polar surface area (TPSA) is 65.5 Å². The van der Waals surface area contributed by atoms with Crippen LogP contribution in [0.25, 0.3) is 10.6 Å². The van der Waals surface area contributed by atoms with Gasteiger partial charge in [-0.3, -0.25) is 14.5 Å². The number of carbonyl (C=O) groups excluding carboxylic acids is 2. The maximum Gasteiger partial charge on any atom is 0.265 e. The van der Waals surface area contributed by atoms with Crippen LogP contribution >= 0.6 is 11.3 Å². The van der Waals surface area contributed by atoms with E-state index in [0.717, 1.165) is 12.8 Å². The minimum absolute atomic E-state index is 0.0688. The molecule has 28 heavy (non-hydrogen) atoms. The summed E-state index contributed by atoms with van der Waals surface area (Å²) in [6.07, 6.45) is 3.67. The van der Waals surface area contributed by atoms with Gasteiger partial charge in [-0.15, -0.1) is 11.3 Å². The van der Waals surface area contributed by atoms with E-state index in [0.29, 0.717) is 47.7 Å². The monoisotopic (exact) mass is 402 g/mol. The lowest BCUT2D eigenvalue weighted by Crippen LogP contribution is -2.55. The molecule has 1 aliphatic carbocycles. The van der Waals surface area contributed by atoms with Gasteiger partial charge in [-0.2, -0.15) is 0 Å². The van der Waals surface area contributed by atoms with Crippen LogP contribution in [-0.4, -0.2) is 64.9 Å². The number of nitrogens with one attached hydrogen (secondary N) is 1. The molecule has 1 aromatic heterocycles. The zero-order valence-corrected chi connectivity index (χ0v) is 16.5. The third-order valence-corrected chi connectivity index (χ3v) is 6.29. The summed E-state index contributed by atoms with van der Waals surface area (Å²) in [6.45, 7) is 4.35. The first-order chi connectivity index (χ1) is 13.5. The number of rotatable bonds is 5. The van der Waals surface area contributed by atoms with Gasteiger partial charge in [0.2, 0.25) is 5.91 Å². The average Bonchev–Trinajstić information content (AvgIpc) is 3.39. The fourth-order valence-corrected chi connectivity index (χ4v) is 4.23. The first-order valence-electron chi connectivity index (χ1n) is 9.57. The predicted octanol–water partition coefficient (Wildman–Crippen LogP) is 2.37. The van der Waals surface area contributed by atoms with Gasteiger partial charge in [0.1, 0.15) is 15.7 Å². The maximum absolute atomic E-state index is 13.9. The van der Waals surface area contributed by atoms with Gasteiger partial charge in [-0.1, -0.05) is 12.1 Å². The van der Waals surface area contributed by atoms with Gasteiger partial charge < -0.3 is 10.2 Å². The Morgan fingerprint density at radius 1 is 1.21 bits per heavy atom. The summed E-state index contributed by atoms with van der Waals surface area (Å²) in [5, 5.41) is 3.54. The minimum Gasteiger partial charge on any atom is -0.352 e. The molecular weight excluding hydrogens is 379 g/mol. The van der Waals surface area contributed by atoms with E-state index in [1.807, 2.05) is 6.92 Å². The molecule has 6 nitrogen and oxygen atoms in total. The third kappa shape index (κ3) is 4.07. The largest absolute Gasteiger partial charge is 0.352 e. The number of thiazole rings is 1. The smallest absolute Gasteiger partial charge is 0.265 e. The summed E-state index contributed by atoms with van der Waals surface area (Å²) < 4.78 is 13.9. The van der Waals surface area contributed by atoms with Gasteiger partial charge in [-0.05, 0) is 31.9 Å². The summed E-state index contributed by atoms with van der Waals surface area (Å²) >= 11 is 1.21. The third-order valence-electron chi connectivity index (χ3n) is 5.27. The number of benzene rings is 1. The first kappa shape index (κ1) is 19.0. The molecule has 0 bridgehead atoms. The van der Waals surface area contributed by atoms with Crippen molar-refractivity contribution in [3.05, 3.63) is 41.2 Å². The van der Waals surface area contributed by atoms with Crippen molar-refractivity contribution in [1.82, 2.24) is 20.1 Å². The first-order valence-corrected chi connectivity index (χ1v) is 10.4. The van der Waals surface area contributed by atoms with Crippen LogP contribution in [0.3, 0.4) is 0 Å². The normalized spacial score (nSPS) is 18.7. The maximum atomic E-state index is 13.9. The molecule has 148 valence electrons. The van der Waals surface area contributed by atoms with E-state index in [9.17, 15) is 14.0 Å². The van der Waals surface area contributed by atoms with Gasteiger partial charge in [0.25, 0.3) is 5.91 Å². The van der Waals surface area contributed by atoms with Gasteiger partial charge in [-0.25, -0.2) is 9.37 Å². The highest BCUT2D eigenvalue weighted by atomic mass is 32.1. The van der Waals surface area contributed by atoms with Crippen molar-refractivity contribution >= 4 is 23.2 Å². The van der Waals surface area contributed by atoms with E-state index >= 15 is 0 Å². The molecule has 1 saturated carbocycles. The Kier molecular flexibility index (Phi) is 5.41. The standard InChI is InChI=1S/C20H23FN4O2S/c1-13(18(26)23-14-6-7-14)24-8-10-25(11-9-24)20(27)17-12-22-19(28-17)15-4-2-3-5-16(15)21/h2-5,12-14H,6-11H2,1H3,(H,23,26). The van der Waals surface area contributed by atoms with Crippen molar-refractivity contribution in [2.45, 2.75) is 31.8 Å². The van der Waals surface area contributed by atoms with Crippen molar-refractivity contribution in [3.8, 4) is 10.6 Å². The van der Waals surface area contributed by atoms with Gasteiger partial charge in [0.15, 0.2) is 0 Å². The molecule has 1 unspecified atom stereocenters. The zero-order valence-electron chi connectivity index (χ0n) is 15.7. The number of piperazine rings is 1. The average molecular weight is 402 g/mol. The van der Waals surface area contributed by atoms with E-state index in [-0.39, 0.29) is 23.7 Å². The van der Waals surface area contributed by atoms with Crippen molar-refractivity contribution in [1.29, 1.82) is 0 Å². The lowest BCUT2D eigenvalue weighted by atomic mass is 10.2. The number of hydrogen-bond donors (Lipinski definition) is 1. The SMILES string of the molecule is CC(C(=O)NC1CC1)N1CCN(C(=O)c2cnc(-c3ccccc3F)s2)CC1. The Balaban J connectivity index is 1.35. The van der Waals surface area contributed by atoms with E-state index in [2.05, 4.69) is 15.2 Å². The Bertz CT molecular complexity index is 875. The molecule has 0 spiro atoms. The van der Waals surface area contributed by atoms with Crippen LogP contribution in [0.1, 0.15) is 29.4 Å². The molecule has 1 aromatic carbocycles. The fraction of sp³-hybridized carbons (Fsp3) is 0.450. The Labute approximate surface area is 167 Å². The Morgan fingerprint density at radius 2 is 1.93 bits per heavy atom. The van der Waals surface area contributed by atoms with Crippen molar-refractivity contribution in [3.63, 3.8) is 0 Å². The van der Waals surface area contributed by atoms with E-state index in [1.165, 1.54) is 23.6 Å². The molecule has 1 aliphatic heterocycles. The van der Waals surface area contributed by atoms with Gasteiger partial charge in [0.05, 0.1) is 12.2 Å². The summed E-state index contributed by atoms with van der Waals surface area (Å²) in [5.41, 5.74) is 0.409. The minimum atomic E-state index is -0.345. The lowest BCUT2D eigenvalue weighted by Gasteiger charge is -2.37. The second kappa shape index (κ2) is 7.97. The number of halogens is 1. The second-order valence-electron chi connectivity index (χ2n) is 7.30. The summed E-state index contributed by atoms with van der Waals surface area (Å²) in [4.78, 5) is 33.6. The molecule has 2 amide bonds. The molecule has 2 fully saturated rings. The fourth-order valence-electron chi connectivity index (χ4n) is 3.32. The van der Waals surface area contributed by atoms with Crippen LogP contribution < -0.4 is 5.32 Å². The van der Waals surface area contributed by atoms with Crippen LogP contribution in [0.15, 0.2) is 30.5 Å². The molecule has 1 N–H and O–H groups in total.